The highest BCUT2D eigenvalue weighted by Gasteiger charge is 2.46. The number of carbonyl (C=O) groups excluding carboxylic acids is 10. The molecule has 0 aromatic heterocycles. The van der Waals surface area contributed by atoms with E-state index >= 15 is 0 Å². The molecule has 8 N–H and O–H groups in total. The van der Waals surface area contributed by atoms with Crippen molar-refractivity contribution in [3.63, 3.8) is 0 Å². The van der Waals surface area contributed by atoms with E-state index in [4.69, 9.17) is 15.2 Å². The first kappa shape index (κ1) is 59.2. The summed E-state index contributed by atoms with van der Waals surface area (Å²) in [5.41, 5.74) is 6.08. The molecule has 3 heterocycles. The first-order valence-electron chi connectivity index (χ1n) is 25.6. The van der Waals surface area contributed by atoms with Gasteiger partial charge in [-0.25, -0.2) is 4.79 Å². The number of rotatable bonds is 17. The van der Waals surface area contributed by atoms with E-state index in [0.29, 0.717) is 30.7 Å². The molecule has 0 radical (unpaired) electrons. The predicted molar refractivity (Wildman–Crippen MR) is 266 cm³/mol. The molecule has 73 heavy (non-hydrogen) atoms. The van der Waals surface area contributed by atoms with Crippen molar-refractivity contribution in [1.29, 1.82) is 0 Å². The molecule has 10 atom stereocenters. The normalized spacial score (nSPS) is 26.3. The van der Waals surface area contributed by atoms with Gasteiger partial charge in [0.25, 0.3) is 0 Å². The fourth-order valence-corrected chi connectivity index (χ4v) is 9.50. The summed E-state index contributed by atoms with van der Waals surface area (Å²) in [4.78, 5) is 144. The third-order valence-electron chi connectivity index (χ3n) is 13.4. The molecule has 3 fully saturated rings. The van der Waals surface area contributed by atoms with Crippen LogP contribution >= 0.6 is 0 Å². The number of nitrogens with zero attached hydrogens (tertiary/aromatic N) is 3. The quantitative estimate of drug-likeness (QED) is 0.105. The number of likely N-dealkylation sites (tertiary alicyclic amines) is 1. The molecule has 0 saturated carbocycles. The monoisotopic (exact) mass is 1030 g/mol. The number of hydrogen-bond donors (Lipinski definition) is 7. The van der Waals surface area contributed by atoms with Crippen LogP contribution in [0.2, 0.25) is 0 Å². The van der Waals surface area contributed by atoms with E-state index < -0.39 is 114 Å². The average Bonchev–Trinajstić information content (AvgIpc) is 3.83. The predicted octanol–water partition coefficient (Wildman–Crippen LogP) is 0.548. The van der Waals surface area contributed by atoms with Crippen LogP contribution in [0.5, 0.6) is 5.75 Å². The van der Waals surface area contributed by atoms with E-state index in [1.54, 1.807) is 58.9 Å². The molecule has 3 aliphatic rings. The molecule has 1 aromatic carbocycles. The number of hydrogen-bond acceptors (Lipinski definition) is 13. The second-order valence-electron chi connectivity index (χ2n) is 20.7. The molecule has 10 unspecified atom stereocenters. The van der Waals surface area contributed by atoms with Gasteiger partial charge in [0.05, 0.1) is 7.11 Å². The zero-order valence-electron chi connectivity index (χ0n) is 44.1. The van der Waals surface area contributed by atoms with Crippen LogP contribution in [0.25, 0.3) is 0 Å². The first-order valence-corrected chi connectivity index (χ1v) is 25.6. The lowest BCUT2D eigenvalue weighted by Crippen LogP contribution is -2.65. The number of likely N-dealkylation sites (N-methyl/N-ethyl adjacent to an activating group) is 1. The summed E-state index contributed by atoms with van der Waals surface area (Å²) in [5, 5.41) is 24.9. The van der Waals surface area contributed by atoms with Crippen LogP contribution in [-0.2, 0) is 59.1 Å². The first-order chi connectivity index (χ1) is 34.4. The standard InChI is InChI=1S/C51H79N9O13/c1-11-41(62)59-22-12-13-37(59)46(66)53-33(18-20-40(52)61)44(64)57-43-30(8)73-51(71)36(24-28(4)5)56-47(67)38(26-31-14-16-32(72-10)17-15-31)58(9)50(70)39(25-29(6)7)60-42(63)21-19-34(49(60)69)54-45(65)35(23-27(2)3)55-48(43)68/h14-17,27-30,33-39,42-43,63H,11-13,18-26H2,1-10H3,(H2,52,61)(H,53,66)(H,54,65)(H,55,68)(H,56,67)(H,57,64). The van der Waals surface area contributed by atoms with Gasteiger partial charge in [0.2, 0.25) is 53.2 Å². The Bertz CT molecular complexity index is 2150. The maximum absolute atomic E-state index is 14.9. The molecule has 22 nitrogen and oxygen atoms in total. The third kappa shape index (κ3) is 16.3. The van der Waals surface area contributed by atoms with E-state index in [9.17, 15) is 53.1 Å². The summed E-state index contributed by atoms with van der Waals surface area (Å²) in [6, 6.07) is -4.04. The smallest absolute Gasteiger partial charge is 0.328 e. The lowest BCUT2D eigenvalue weighted by molar-refractivity contribution is -0.166. The average molecular weight is 1030 g/mol. The Kier molecular flexibility index (Phi) is 22.0. The number of piperidine rings is 1. The highest BCUT2D eigenvalue weighted by molar-refractivity contribution is 5.99. The Morgan fingerprint density at radius 1 is 0.822 bits per heavy atom. The van der Waals surface area contributed by atoms with Gasteiger partial charge in [0.15, 0.2) is 0 Å². The van der Waals surface area contributed by atoms with E-state index in [-0.39, 0.29) is 81.4 Å². The van der Waals surface area contributed by atoms with Gasteiger partial charge in [-0.1, -0.05) is 60.6 Å². The maximum atomic E-state index is 14.9. The topological polar surface area (TPSA) is 305 Å². The lowest BCUT2D eigenvalue weighted by Gasteiger charge is -2.43. The minimum atomic E-state index is -1.79. The summed E-state index contributed by atoms with van der Waals surface area (Å²) >= 11 is 0. The van der Waals surface area contributed by atoms with E-state index in [2.05, 4.69) is 26.6 Å². The Morgan fingerprint density at radius 2 is 1.44 bits per heavy atom. The molecule has 0 spiro atoms. The largest absolute Gasteiger partial charge is 0.497 e. The van der Waals surface area contributed by atoms with E-state index in [0.717, 1.165) is 4.90 Å². The molecule has 9 amide bonds. The second kappa shape index (κ2) is 27.1. The SMILES string of the molecule is CCC(=O)N1CCCC1C(=O)NC(CCC(N)=O)C(=O)NC1C(=O)NC(CC(C)C)C(=O)NC2CCC(O)N(C2=O)C(CC(C)C)C(=O)N(C)C(Cc2ccc(OC)cc2)C(=O)NC(CC(C)C)C(=O)OC1C. The number of aliphatic hydroxyl groups is 1. The van der Waals surface area contributed by atoms with E-state index in [1.165, 1.54) is 30.9 Å². The van der Waals surface area contributed by atoms with Gasteiger partial charge >= 0.3 is 5.97 Å². The Labute approximate surface area is 428 Å². The molecule has 3 aliphatic heterocycles. The van der Waals surface area contributed by atoms with Crippen molar-refractivity contribution in [2.24, 2.45) is 23.5 Å². The van der Waals surface area contributed by atoms with Crippen LogP contribution in [-0.4, -0.2) is 160 Å². The highest BCUT2D eigenvalue weighted by Crippen LogP contribution is 2.27. The summed E-state index contributed by atoms with van der Waals surface area (Å²) in [6.45, 7) is 14.1. The Hall–Kier alpha value is -6.32. The van der Waals surface area contributed by atoms with Crippen molar-refractivity contribution in [3.8, 4) is 5.75 Å². The molecule has 0 aliphatic carbocycles. The fourth-order valence-electron chi connectivity index (χ4n) is 9.50. The van der Waals surface area contributed by atoms with Crippen molar-refractivity contribution in [3.05, 3.63) is 29.8 Å². The number of esters is 1. The van der Waals surface area contributed by atoms with Gasteiger partial charge in [0, 0.05) is 32.9 Å². The molecule has 406 valence electrons. The zero-order chi connectivity index (χ0) is 54.4. The number of primary amides is 1. The van der Waals surface area contributed by atoms with Gasteiger partial charge in [-0.3, -0.25) is 43.2 Å². The fraction of sp³-hybridized carbons (Fsp3) is 0.686. The zero-order valence-corrected chi connectivity index (χ0v) is 44.1. The number of carbonyl (C=O) groups is 10. The summed E-state index contributed by atoms with van der Waals surface area (Å²) in [5.74, 6) is -7.91. The van der Waals surface area contributed by atoms with Gasteiger partial charge in [-0.2, -0.15) is 0 Å². The number of methoxy groups -OCH3 is 1. The number of fused-ring (bicyclic) bond motifs is 2. The van der Waals surface area contributed by atoms with Crippen molar-refractivity contribution in [2.75, 3.05) is 20.7 Å². The number of nitrogens with two attached hydrogens (primary N) is 1. The van der Waals surface area contributed by atoms with Crippen LogP contribution < -0.4 is 37.1 Å². The van der Waals surface area contributed by atoms with Gasteiger partial charge in [-0.05, 0) is 93.7 Å². The van der Waals surface area contributed by atoms with Crippen LogP contribution in [0.1, 0.15) is 125 Å². The Balaban J connectivity index is 1.85. The van der Waals surface area contributed by atoms with Crippen molar-refractivity contribution in [1.82, 2.24) is 41.3 Å². The minimum Gasteiger partial charge on any atom is -0.497 e. The number of cyclic esters (lactones) is 1. The Morgan fingerprint density at radius 3 is 2.03 bits per heavy atom. The molecular formula is C51H79N9O13. The lowest BCUT2D eigenvalue weighted by atomic mass is 9.94. The molecular weight excluding hydrogens is 947 g/mol. The number of aliphatic hydroxyl groups excluding tert-OH is 1. The molecule has 2 bridgehead atoms. The third-order valence-corrected chi connectivity index (χ3v) is 13.4. The number of amides is 9. The van der Waals surface area contributed by atoms with Crippen molar-refractivity contribution in [2.45, 2.75) is 187 Å². The van der Waals surface area contributed by atoms with Crippen LogP contribution in [0.15, 0.2) is 24.3 Å². The van der Waals surface area contributed by atoms with Gasteiger partial charge in [0.1, 0.15) is 66.4 Å². The number of benzene rings is 1. The molecule has 1 aromatic rings. The van der Waals surface area contributed by atoms with Crippen LogP contribution in [0.3, 0.4) is 0 Å². The summed E-state index contributed by atoms with van der Waals surface area (Å²) in [6.07, 6.45) is -2.76. The van der Waals surface area contributed by atoms with Crippen LogP contribution in [0, 0.1) is 17.8 Å². The van der Waals surface area contributed by atoms with E-state index in [1.807, 2.05) is 13.8 Å². The summed E-state index contributed by atoms with van der Waals surface area (Å²) < 4.78 is 11.3. The van der Waals surface area contributed by atoms with Crippen LogP contribution in [0.4, 0.5) is 0 Å². The van der Waals surface area contributed by atoms with Gasteiger partial charge in [-0.15, -0.1) is 0 Å². The van der Waals surface area contributed by atoms with Crippen molar-refractivity contribution < 1.29 is 62.5 Å². The number of ether oxygens (including phenoxy) is 2. The molecule has 22 heteroatoms. The highest BCUT2D eigenvalue weighted by atomic mass is 16.5. The van der Waals surface area contributed by atoms with Gasteiger partial charge < -0.3 is 61.6 Å². The minimum absolute atomic E-state index is 0.00976. The maximum Gasteiger partial charge on any atom is 0.328 e. The second-order valence-corrected chi connectivity index (χ2v) is 20.7. The van der Waals surface area contributed by atoms with Crippen molar-refractivity contribution >= 4 is 59.1 Å². The molecule has 4 rings (SSSR count). The molecule has 3 saturated heterocycles. The summed E-state index contributed by atoms with van der Waals surface area (Å²) in [7, 11) is 2.90. The number of nitrogens with one attached hydrogen (secondary N) is 5.